The van der Waals surface area contributed by atoms with E-state index in [1.807, 2.05) is 0 Å². The number of anilines is 1. The highest BCUT2D eigenvalue weighted by molar-refractivity contribution is 7.92. The molecular weight excluding hydrogens is 335 g/mol. The highest BCUT2D eigenvalue weighted by Crippen LogP contribution is 2.30. The Morgan fingerprint density at radius 3 is 2.71 bits per heavy atom. The maximum Gasteiger partial charge on any atom is 0.265 e. The molecule has 1 aromatic heterocycles. The molecule has 9 heteroatoms. The molecule has 21 heavy (non-hydrogen) atoms. The molecule has 6 nitrogen and oxygen atoms in total. The fourth-order valence-electron chi connectivity index (χ4n) is 1.67. The van der Waals surface area contributed by atoms with Crippen molar-refractivity contribution in [3.8, 4) is 0 Å². The van der Waals surface area contributed by atoms with E-state index in [1.54, 1.807) is 13.0 Å². The van der Waals surface area contributed by atoms with Gasteiger partial charge in [0, 0.05) is 17.8 Å². The fraction of sp³-hybridized carbons (Fsp3) is 0.250. The van der Waals surface area contributed by atoms with Crippen LogP contribution in [0.3, 0.4) is 0 Å². The Labute approximate surface area is 132 Å². The van der Waals surface area contributed by atoms with Crippen molar-refractivity contribution >= 4 is 38.9 Å². The number of nitrogens with two attached hydrogens (primary N) is 1. The van der Waals surface area contributed by atoms with E-state index in [1.165, 1.54) is 23.1 Å². The molecule has 0 radical (unpaired) electrons. The molecule has 2 rings (SSSR count). The molecule has 0 unspecified atom stereocenters. The van der Waals surface area contributed by atoms with E-state index in [2.05, 4.69) is 9.82 Å². The lowest BCUT2D eigenvalue weighted by molar-refractivity contribution is 0.599. The number of halogens is 2. The van der Waals surface area contributed by atoms with Gasteiger partial charge in [-0.3, -0.25) is 9.40 Å². The van der Waals surface area contributed by atoms with Crippen LogP contribution >= 0.6 is 23.2 Å². The number of nitrogens with zero attached hydrogens (tertiary/aromatic N) is 2. The van der Waals surface area contributed by atoms with Crippen LogP contribution in [-0.2, 0) is 16.6 Å². The van der Waals surface area contributed by atoms with Crippen molar-refractivity contribution < 1.29 is 8.42 Å². The Bertz CT molecular complexity index is 759. The first-order chi connectivity index (χ1) is 9.83. The van der Waals surface area contributed by atoms with Crippen molar-refractivity contribution in [1.29, 1.82) is 0 Å². The summed E-state index contributed by atoms with van der Waals surface area (Å²) in [6.45, 7) is 2.59. The number of aromatic nitrogens is 2. The van der Waals surface area contributed by atoms with Crippen molar-refractivity contribution in [2.75, 3.05) is 11.3 Å². The predicted molar refractivity (Wildman–Crippen MR) is 83.3 cm³/mol. The molecular formula is C12H14Cl2N4O2S. The molecule has 0 atom stereocenters. The lowest BCUT2D eigenvalue weighted by Crippen LogP contribution is -2.13. The average molecular weight is 349 g/mol. The van der Waals surface area contributed by atoms with Crippen LogP contribution in [0.4, 0.5) is 5.69 Å². The number of hydrogen-bond acceptors (Lipinski definition) is 4. The van der Waals surface area contributed by atoms with Crippen molar-refractivity contribution in [1.82, 2.24) is 9.78 Å². The van der Waals surface area contributed by atoms with E-state index in [4.69, 9.17) is 28.9 Å². The van der Waals surface area contributed by atoms with E-state index in [-0.39, 0.29) is 15.6 Å². The third-order valence-electron chi connectivity index (χ3n) is 2.77. The second-order valence-corrected chi connectivity index (χ2v) is 6.91. The zero-order chi connectivity index (χ0) is 15.6. The second kappa shape index (κ2) is 6.23. The van der Waals surface area contributed by atoms with Crippen LogP contribution < -0.4 is 10.5 Å². The van der Waals surface area contributed by atoms with Crippen LogP contribution in [0.1, 0.15) is 5.56 Å². The molecule has 0 fully saturated rings. The highest BCUT2D eigenvalue weighted by Gasteiger charge is 2.18. The van der Waals surface area contributed by atoms with Crippen LogP contribution in [0.2, 0.25) is 10.0 Å². The zero-order valence-electron chi connectivity index (χ0n) is 11.2. The van der Waals surface area contributed by atoms with Gasteiger partial charge in [-0.2, -0.15) is 5.10 Å². The average Bonchev–Trinajstić information content (AvgIpc) is 2.86. The summed E-state index contributed by atoms with van der Waals surface area (Å²) in [5.41, 5.74) is 6.38. The first kappa shape index (κ1) is 16.1. The Kier molecular flexibility index (Phi) is 4.77. The Morgan fingerprint density at radius 1 is 1.33 bits per heavy atom. The third kappa shape index (κ3) is 3.68. The molecule has 0 aliphatic rings. The fourth-order valence-corrected chi connectivity index (χ4v) is 3.17. The van der Waals surface area contributed by atoms with Gasteiger partial charge in [-0.1, -0.05) is 23.2 Å². The summed E-state index contributed by atoms with van der Waals surface area (Å²) in [5, 5.41) is 4.63. The van der Waals surface area contributed by atoms with E-state index in [9.17, 15) is 8.42 Å². The first-order valence-electron chi connectivity index (χ1n) is 6.04. The number of nitrogens with one attached hydrogen (secondary N) is 1. The summed E-state index contributed by atoms with van der Waals surface area (Å²) >= 11 is 12.0. The Hall–Kier alpha value is -1.28. The maximum absolute atomic E-state index is 12.3. The number of aryl methyl sites for hydroxylation is 1. The number of sulfonamides is 1. The largest absolute Gasteiger partial charge is 0.329 e. The van der Waals surface area contributed by atoms with Gasteiger partial charge in [-0.15, -0.1) is 0 Å². The number of rotatable bonds is 5. The van der Waals surface area contributed by atoms with Crippen molar-refractivity contribution in [3.63, 3.8) is 0 Å². The van der Waals surface area contributed by atoms with Gasteiger partial charge in [0.2, 0.25) is 0 Å². The minimum Gasteiger partial charge on any atom is -0.329 e. The SMILES string of the molecule is Cc1cc(Cl)c(NS(=O)(=O)c2cnn(CCN)c2)cc1Cl. The van der Waals surface area contributed by atoms with Gasteiger partial charge in [-0.25, -0.2) is 8.42 Å². The van der Waals surface area contributed by atoms with Crippen LogP contribution in [0.5, 0.6) is 0 Å². The smallest absolute Gasteiger partial charge is 0.265 e. The van der Waals surface area contributed by atoms with E-state index >= 15 is 0 Å². The standard InChI is InChI=1S/C12H14Cl2N4O2S/c1-8-4-11(14)12(5-10(8)13)17-21(19,20)9-6-16-18(7-9)3-2-15/h4-7,17H,2-3,15H2,1H3. The summed E-state index contributed by atoms with van der Waals surface area (Å²) in [6.07, 6.45) is 2.65. The quantitative estimate of drug-likeness (QED) is 0.866. The van der Waals surface area contributed by atoms with E-state index in [0.29, 0.717) is 18.1 Å². The topological polar surface area (TPSA) is 90.0 Å². The van der Waals surface area contributed by atoms with Gasteiger partial charge in [0.1, 0.15) is 4.90 Å². The van der Waals surface area contributed by atoms with Crippen LogP contribution in [-0.4, -0.2) is 24.7 Å². The van der Waals surface area contributed by atoms with Gasteiger partial charge in [0.05, 0.1) is 23.5 Å². The first-order valence-corrected chi connectivity index (χ1v) is 8.28. The lowest BCUT2D eigenvalue weighted by atomic mass is 10.2. The van der Waals surface area contributed by atoms with Crippen molar-refractivity contribution in [3.05, 3.63) is 40.1 Å². The van der Waals surface area contributed by atoms with Crippen LogP contribution in [0.25, 0.3) is 0 Å². The molecule has 114 valence electrons. The second-order valence-electron chi connectivity index (χ2n) is 4.41. The molecule has 0 aliphatic heterocycles. The van der Waals surface area contributed by atoms with Gasteiger partial charge in [-0.05, 0) is 24.6 Å². The molecule has 1 aromatic carbocycles. The third-order valence-corrected chi connectivity index (χ3v) is 4.81. The molecule has 0 saturated carbocycles. The summed E-state index contributed by atoms with van der Waals surface area (Å²) < 4.78 is 28.4. The summed E-state index contributed by atoms with van der Waals surface area (Å²) in [7, 11) is -3.78. The molecule has 2 aromatic rings. The minimum atomic E-state index is -3.78. The molecule has 0 bridgehead atoms. The van der Waals surface area contributed by atoms with Crippen molar-refractivity contribution in [2.24, 2.45) is 5.73 Å². The Morgan fingerprint density at radius 2 is 2.05 bits per heavy atom. The number of benzene rings is 1. The molecule has 0 saturated heterocycles. The van der Waals surface area contributed by atoms with Gasteiger partial charge in [0.15, 0.2) is 0 Å². The molecule has 0 spiro atoms. The van der Waals surface area contributed by atoms with Gasteiger partial charge in [0.25, 0.3) is 10.0 Å². The van der Waals surface area contributed by atoms with Crippen LogP contribution in [0, 0.1) is 6.92 Å². The Balaban J connectivity index is 2.30. The summed E-state index contributed by atoms with van der Waals surface area (Å²) in [4.78, 5) is 0.0312. The minimum absolute atomic E-state index is 0.0312. The normalized spacial score (nSPS) is 11.6. The molecule has 3 N–H and O–H groups in total. The predicted octanol–water partition coefficient (Wildman–Crippen LogP) is 2.26. The molecule has 1 heterocycles. The van der Waals surface area contributed by atoms with Gasteiger partial charge >= 0.3 is 0 Å². The van der Waals surface area contributed by atoms with Crippen LogP contribution in [0.15, 0.2) is 29.4 Å². The summed E-state index contributed by atoms with van der Waals surface area (Å²) in [6, 6.07) is 3.07. The lowest BCUT2D eigenvalue weighted by Gasteiger charge is -2.10. The molecule has 0 aliphatic carbocycles. The number of hydrogen-bond donors (Lipinski definition) is 2. The monoisotopic (exact) mass is 348 g/mol. The van der Waals surface area contributed by atoms with Gasteiger partial charge < -0.3 is 5.73 Å². The maximum atomic E-state index is 12.3. The summed E-state index contributed by atoms with van der Waals surface area (Å²) in [5.74, 6) is 0. The highest BCUT2D eigenvalue weighted by atomic mass is 35.5. The van der Waals surface area contributed by atoms with Crippen molar-refractivity contribution in [2.45, 2.75) is 18.4 Å². The van der Waals surface area contributed by atoms with E-state index < -0.39 is 10.0 Å². The zero-order valence-corrected chi connectivity index (χ0v) is 13.5. The molecule has 0 amide bonds. The van der Waals surface area contributed by atoms with E-state index in [0.717, 1.165) is 5.56 Å².